The third-order valence-corrected chi connectivity index (χ3v) is 0.991. The van der Waals surface area contributed by atoms with Gasteiger partial charge >= 0.3 is 0 Å². The van der Waals surface area contributed by atoms with Crippen LogP contribution < -0.4 is 5.32 Å². The smallest absolute Gasteiger partial charge is 0.0221 e. The lowest BCUT2D eigenvalue weighted by Crippen LogP contribution is -2.17. The van der Waals surface area contributed by atoms with Crippen LogP contribution in [0.1, 0.15) is 6.92 Å². The summed E-state index contributed by atoms with van der Waals surface area (Å²) in [5.74, 6) is 0. The van der Waals surface area contributed by atoms with Gasteiger partial charge in [-0.15, -0.1) is 0 Å². The quantitative estimate of drug-likeness (QED) is 0.542. The second-order valence-electron chi connectivity index (χ2n) is 1.70. The summed E-state index contributed by atoms with van der Waals surface area (Å²) in [5.41, 5.74) is 0. The zero-order chi connectivity index (χ0) is 6.41. The topological polar surface area (TPSA) is 12.0 Å². The average Bonchev–Trinajstić information content (AvgIpc) is 1.83. The summed E-state index contributed by atoms with van der Waals surface area (Å²) in [6, 6.07) is 0.452. The highest BCUT2D eigenvalue weighted by molar-refractivity contribution is 5.01. The fourth-order valence-corrected chi connectivity index (χ4v) is 0.341. The van der Waals surface area contributed by atoms with Crippen LogP contribution in [0.3, 0.4) is 0 Å². The molecule has 0 aliphatic rings. The molecule has 0 aromatic heterocycles. The van der Waals surface area contributed by atoms with Crippen LogP contribution >= 0.6 is 0 Å². The Morgan fingerprint density at radius 2 is 2.25 bits per heavy atom. The van der Waals surface area contributed by atoms with Gasteiger partial charge in [0.25, 0.3) is 0 Å². The van der Waals surface area contributed by atoms with Crippen LogP contribution in [0.25, 0.3) is 0 Å². The highest BCUT2D eigenvalue weighted by Gasteiger charge is 1.84. The first-order valence-electron chi connectivity index (χ1n) is 2.77. The molecule has 0 aromatic rings. The summed E-state index contributed by atoms with van der Waals surface area (Å²) < 4.78 is 0. The second-order valence-corrected chi connectivity index (χ2v) is 1.70. The first kappa shape index (κ1) is 7.44. The van der Waals surface area contributed by atoms with E-state index in [9.17, 15) is 0 Å². The molecule has 0 heterocycles. The molecule has 0 saturated heterocycles. The molecule has 0 saturated carbocycles. The van der Waals surface area contributed by atoms with Crippen molar-refractivity contribution >= 4 is 0 Å². The van der Waals surface area contributed by atoms with Crippen LogP contribution in [0, 0.1) is 0 Å². The van der Waals surface area contributed by atoms with Gasteiger partial charge in [-0.3, -0.25) is 0 Å². The number of hydrogen-bond acceptors (Lipinski definition) is 1. The highest BCUT2D eigenvalue weighted by Crippen LogP contribution is 1.81. The Balaban J connectivity index is 3.35. The normalized spacial score (nSPS) is 14.2. The van der Waals surface area contributed by atoms with Crippen molar-refractivity contribution in [2.24, 2.45) is 0 Å². The molecule has 1 heteroatoms. The Morgan fingerprint density at radius 1 is 1.62 bits per heavy atom. The van der Waals surface area contributed by atoms with Gasteiger partial charge in [-0.2, -0.15) is 0 Å². The van der Waals surface area contributed by atoms with Gasteiger partial charge in [0.2, 0.25) is 0 Å². The van der Waals surface area contributed by atoms with E-state index in [2.05, 4.69) is 18.8 Å². The van der Waals surface area contributed by atoms with Crippen molar-refractivity contribution in [2.75, 3.05) is 7.05 Å². The van der Waals surface area contributed by atoms with Crippen LogP contribution in [-0.4, -0.2) is 13.1 Å². The molecule has 0 bridgehead atoms. The van der Waals surface area contributed by atoms with Gasteiger partial charge in [0.15, 0.2) is 0 Å². The number of likely N-dealkylation sites (N-methyl/N-ethyl adjacent to an activating group) is 1. The molecule has 1 nitrogen and oxygen atoms in total. The van der Waals surface area contributed by atoms with Gasteiger partial charge < -0.3 is 5.32 Å². The fraction of sp³-hybridized carbons (Fsp3) is 0.429. The molecule has 0 aliphatic heterocycles. The second kappa shape index (κ2) is 4.60. The van der Waals surface area contributed by atoms with Crippen LogP contribution in [0.2, 0.25) is 0 Å². The molecular weight excluding hydrogens is 98.1 g/mol. The Labute approximate surface area is 51.1 Å². The summed E-state index contributed by atoms with van der Waals surface area (Å²) in [5, 5.41) is 3.07. The molecule has 0 radical (unpaired) electrons. The van der Waals surface area contributed by atoms with Crippen LogP contribution in [0.4, 0.5) is 0 Å². The minimum atomic E-state index is 0.452. The Bertz CT molecular complexity index is 84.4. The van der Waals surface area contributed by atoms with Gasteiger partial charge in [-0.1, -0.05) is 24.8 Å². The number of nitrogens with one attached hydrogen (secondary N) is 1. The molecule has 1 N–H and O–H groups in total. The van der Waals surface area contributed by atoms with Crippen molar-refractivity contribution in [3.63, 3.8) is 0 Å². The Hall–Kier alpha value is -0.560. The highest BCUT2D eigenvalue weighted by atomic mass is 14.8. The molecule has 0 spiro atoms. The third kappa shape index (κ3) is 3.62. The molecule has 0 aromatic carbocycles. The number of rotatable bonds is 3. The molecule has 1 atom stereocenters. The van der Waals surface area contributed by atoms with E-state index in [1.165, 1.54) is 0 Å². The summed E-state index contributed by atoms with van der Waals surface area (Å²) in [6.07, 6.45) is 5.75. The van der Waals surface area contributed by atoms with Crippen LogP contribution in [0.15, 0.2) is 24.8 Å². The van der Waals surface area contributed by atoms with Gasteiger partial charge in [-0.25, -0.2) is 0 Å². The van der Waals surface area contributed by atoms with Crippen molar-refractivity contribution in [2.45, 2.75) is 13.0 Å². The van der Waals surface area contributed by atoms with Crippen molar-refractivity contribution in [3.8, 4) is 0 Å². The van der Waals surface area contributed by atoms with Gasteiger partial charge in [0.1, 0.15) is 0 Å². The molecule has 46 valence electrons. The lowest BCUT2D eigenvalue weighted by Gasteiger charge is -1.99. The van der Waals surface area contributed by atoms with E-state index in [1.807, 2.05) is 19.2 Å². The largest absolute Gasteiger partial charge is 0.314 e. The van der Waals surface area contributed by atoms with Crippen molar-refractivity contribution in [3.05, 3.63) is 24.8 Å². The van der Waals surface area contributed by atoms with E-state index in [-0.39, 0.29) is 0 Å². The standard InChI is InChI=1S/C7H13N/c1-4-5-6-7(2)8-3/h4-8H,1H2,2-3H3/b6-5-. The van der Waals surface area contributed by atoms with Gasteiger partial charge in [-0.05, 0) is 14.0 Å². The predicted molar refractivity (Wildman–Crippen MR) is 37.9 cm³/mol. The fourth-order valence-electron chi connectivity index (χ4n) is 0.341. The summed E-state index contributed by atoms with van der Waals surface area (Å²) in [7, 11) is 1.93. The zero-order valence-corrected chi connectivity index (χ0v) is 5.52. The summed E-state index contributed by atoms with van der Waals surface area (Å²) in [4.78, 5) is 0. The first-order valence-corrected chi connectivity index (χ1v) is 2.77. The van der Waals surface area contributed by atoms with E-state index in [1.54, 1.807) is 6.08 Å². The maximum Gasteiger partial charge on any atom is 0.0221 e. The maximum absolute atomic E-state index is 3.55. The monoisotopic (exact) mass is 111 g/mol. The van der Waals surface area contributed by atoms with E-state index in [0.29, 0.717) is 6.04 Å². The lowest BCUT2D eigenvalue weighted by molar-refractivity contribution is 0.729. The first-order chi connectivity index (χ1) is 3.81. The van der Waals surface area contributed by atoms with Gasteiger partial charge in [0, 0.05) is 6.04 Å². The number of allylic oxidation sites excluding steroid dienone is 2. The molecule has 0 amide bonds. The van der Waals surface area contributed by atoms with Crippen LogP contribution in [0.5, 0.6) is 0 Å². The van der Waals surface area contributed by atoms with E-state index in [4.69, 9.17) is 0 Å². The minimum Gasteiger partial charge on any atom is -0.314 e. The molecule has 0 fully saturated rings. The molecule has 0 aliphatic carbocycles. The van der Waals surface area contributed by atoms with Crippen molar-refractivity contribution in [1.82, 2.24) is 5.32 Å². The summed E-state index contributed by atoms with van der Waals surface area (Å²) in [6.45, 7) is 5.64. The van der Waals surface area contributed by atoms with E-state index in [0.717, 1.165) is 0 Å². The van der Waals surface area contributed by atoms with Crippen LogP contribution in [-0.2, 0) is 0 Å². The Kier molecular flexibility index (Phi) is 4.27. The van der Waals surface area contributed by atoms with Gasteiger partial charge in [0.05, 0.1) is 0 Å². The lowest BCUT2D eigenvalue weighted by atomic mass is 10.3. The predicted octanol–water partition coefficient (Wildman–Crippen LogP) is 1.34. The van der Waals surface area contributed by atoms with E-state index < -0.39 is 0 Å². The molecule has 0 rings (SSSR count). The average molecular weight is 111 g/mol. The summed E-state index contributed by atoms with van der Waals surface area (Å²) >= 11 is 0. The number of hydrogen-bond donors (Lipinski definition) is 1. The molecular formula is C7H13N. The SMILES string of the molecule is C=C/C=C\C(C)NC. The minimum absolute atomic E-state index is 0.452. The molecule has 1 unspecified atom stereocenters. The third-order valence-electron chi connectivity index (χ3n) is 0.991. The zero-order valence-electron chi connectivity index (χ0n) is 5.52. The Morgan fingerprint density at radius 3 is 2.62 bits per heavy atom. The maximum atomic E-state index is 3.55. The van der Waals surface area contributed by atoms with Crippen molar-refractivity contribution in [1.29, 1.82) is 0 Å². The van der Waals surface area contributed by atoms with Crippen molar-refractivity contribution < 1.29 is 0 Å². The van der Waals surface area contributed by atoms with E-state index >= 15 is 0 Å². The molecule has 8 heavy (non-hydrogen) atoms.